The summed E-state index contributed by atoms with van der Waals surface area (Å²) in [6.07, 6.45) is 3.62. The van der Waals surface area contributed by atoms with E-state index >= 15 is 0 Å². The maximum Gasteiger partial charge on any atom is 0.225 e. The number of rotatable bonds is 6. The lowest BCUT2D eigenvalue weighted by Gasteiger charge is -2.32. The highest BCUT2D eigenvalue weighted by molar-refractivity contribution is 6.42. The van der Waals surface area contributed by atoms with Crippen LogP contribution >= 0.6 is 23.2 Å². The quantitative estimate of drug-likeness (QED) is 0.565. The fourth-order valence-corrected chi connectivity index (χ4v) is 5.32. The van der Waals surface area contributed by atoms with Crippen molar-refractivity contribution < 1.29 is 14.3 Å². The van der Waals surface area contributed by atoms with Crippen molar-refractivity contribution in [2.24, 2.45) is 11.8 Å². The summed E-state index contributed by atoms with van der Waals surface area (Å²) in [6.45, 7) is 4.53. The number of carbonyl (C=O) groups is 2. The molecule has 0 N–H and O–H groups in total. The molecule has 1 aromatic carbocycles. The normalized spacial score (nSPS) is 20.5. The molecule has 7 nitrogen and oxygen atoms in total. The number of ether oxygens (including phenoxy) is 1. The van der Waals surface area contributed by atoms with Crippen molar-refractivity contribution >= 4 is 35.0 Å². The Balaban J connectivity index is 1.43. The van der Waals surface area contributed by atoms with E-state index in [4.69, 9.17) is 33.2 Å². The van der Waals surface area contributed by atoms with E-state index in [1.807, 2.05) is 28.0 Å². The first-order valence-electron chi connectivity index (χ1n) is 11.8. The standard InChI is InChI=1S/C26H28Cl2N4O3/c1-17(33)31-9-6-19(7-10-31)26(34)32-15-21(8-11-35-25-5-2-18(13-29)14-30-25)22(16-32)20-3-4-23(27)24(28)12-20/h2-5,12,14,19,21-22H,6-11,15-16H2,1H3. The molecular weight excluding hydrogens is 487 g/mol. The van der Waals surface area contributed by atoms with Gasteiger partial charge < -0.3 is 14.5 Å². The molecule has 2 aliphatic rings. The van der Waals surface area contributed by atoms with Crippen LogP contribution in [0.2, 0.25) is 10.0 Å². The van der Waals surface area contributed by atoms with Crippen LogP contribution < -0.4 is 4.74 Å². The van der Waals surface area contributed by atoms with Crippen LogP contribution in [0.25, 0.3) is 0 Å². The highest BCUT2D eigenvalue weighted by Gasteiger charge is 2.39. The summed E-state index contributed by atoms with van der Waals surface area (Å²) < 4.78 is 5.83. The lowest BCUT2D eigenvalue weighted by atomic mass is 9.87. The number of nitriles is 1. The topological polar surface area (TPSA) is 86.5 Å². The zero-order valence-corrected chi connectivity index (χ0v) is 21.1. The Morgan fingerprint density at radius 1 is 1.11 bits per heavy atom. The third-order valence-electron chi connectivity index (χ3n) is 7.02. The molecule has 2 amide bonds. The maximum atomic E-state index is 13.4. The summed E-state index contributed by atoms with van der Waals surface area (Å²) in [5.74, 6) is 0.940. The fraction of sp³-hybridized carbons (Fsp3) is 0.462. The SMILES string of the molecule is CC(=O)N1CCC(C(=O)N2CC(CCOc3ccc(C#N)cn3)C(c3ccc(Cl)c(Cl)c3)C2)CC1. The highest BCUT2D eigenvalue weighted by atomic mass is 35.5. The third-order valence-corrected chi connectivity index (χ3v) is 7.76. The van der Waals surface area contributed by atoms with Gasteiger partial charge in [-0.3, -0.25) is 9.59 Å². The molecule has 2 unspecified atom stereocenters. The van der Waals surface area contributed by atoms with Crippen LogP contribution in [0.15, 0.2) is 36.5 Å². The van der Waals surface area contributed by atoms with Crippen LogP contribution in [0.3, 0.4) is 0 Å². The van der Waals surface area contributed by atoms with Gasteiger partial charge in [-0.1, -0.05) is 29.3 Å². The molecule has 0 saturated carbocycles. The number of hydrogen-bond donors (Lipinski definition) is 0. The first-order valence-corrected chi connectivity index (χ1v) is 12.6. The van der Waals surface area contributed by atoms with Gasteiger partial charge in [0.1, 0.15) is 6.07 Å². The molecule has 9 heteroatoms. The van der Waals surface area contributed by atoms with Gasteiger partial charge in [0, 0.05) is 57.2 Å². The molecule has 2 aliphatic heterocycles. The number of halogens is 2. The minimum atomic E-state index is -0.0575. The average Bonchev–Trinajstić information content (AvgIpc) is 3.30. The molecule has 0 spiro atoms. The summed E-state index contributed by atoms with van der Waals surface area (Å²) in [7, 11) is 0. The van der Waals surface area contributed by atoms with Gasteiger partial charge in [-0.25, -0.2) is 4.98 Å². The second-order valence-electron chi connectivity index (χ2n) is 9.20. The number of hydrogen-bond acceptors (Lipinski definition) is 5. The van der Waals surface area contributed by atoms with Crippen LogP contribution in [0.4, 0.5) is 0 Å². The van der Waals surface area contributed by atoms with Gasteiger partial charge in [0.05, 0.1) is 22.2 Å². The number of likely N-dealkylation sites (tertiary alicyclic amines) is 2. The van der Waals surface area contributed by atoms with Crippen LogP contribution in [-0.2, 0) is 9.59 Å². The first-order chi connectivity index (χ1) is 16.9. The van der Waals surface area contributed by atoms with Gasteiger partial charge in [-0.15, -0.1) is 0 Å². The van der Waals surface area contributed by atoms with E-state index in [-0.39, 0.29) is 29.6 Å². The number of aromatic nitrogens is 1. The fourth-order valence-electron chi connectivity index (χ4n) is 5.01. The predicted octanol–water partition coefficient (Wildman–Crippen LogP) is 4.53. The number of amides is 2. The Labute approximate surface area is 215 Å². The van der Waals surface area contributed by atoms with Gasteiger partial charge in [0.15, 0.2) is 0 Å². The monoisotopic (exact) mass is 514 g/mol. The number of piperidine rings is 1. The molecule has 0 bridgehead atoms. The molecule has 3 heterocycles. The lowest BCUT2D eigenvalue weighted by molar-refractivity contribution is -0.139. The summed E-state index contributed by atoms with van der Waals surface area (Å²) in [6, 6.07) is 11.1. The van der Waals surface area contributed by atoms with Crippen molar-refractivity contribution in [1.29, 1.82) is 5.26 Å². The van der Waals surface area contributed by atoms with Gasteiger partial charge in [-0.2, -0.15) is 5.26 Å². The van der Waals surface area contributed by atoms with Crippen LogP contribution in [0, 0.1) is 23.2 Å². The van der Waals surface area contributed by atoms with Crippen molar-refractivity contribution in [3.8, 4) is 11.9 Å². The average molecular weight is 515 g/mol. The second-order valence-corrected chi connectivity index (χ2v) is 10.0. The third kappa shape index (κ3) is 6.06. The summed E-state index contributed by atoms with van der Waals surface area (Å²) in [4.78, 5) is 33.0. The molecule has 35 heavy (non-hydrogen) atoms. The van der Waals surface area contributed by atoms with E-state index in [0.717, 1.165) is 12.0 Å². The first kappa shape index (κ1) is 25.3. The van der Waals surface area contributed by atoms with E-state index in [1.54, 1.807) is 25.1 Å². The van der Waals surface area contributed by atoms with E-state index in [9.17, 15) is 9.59 Å². The van der Waals surface area contributed by atoms with E-state index in [1.165, 1.54) is 6.20 Å². The Morgan fingerprint density at radius 3 is 2.51 bits per heavy atom. The lowest BCUT2D eigenvalue weighted by Crippen LogP contribution is -2.43. The summed E-state index contributed by atoms with van der Waals surface area (Å²) in [5, 5.41) is 9.93. The number of carbonyl (C=O) groups excluding carboxylic acids is 2. The Hall–Kier alpha value is -2.82. The predicted molar refractivity (Wildman–Crippen MR) is 133 cm³/mol. The second kappa shape index (κ2) is 11.3. The minimum absolute atomic E-state index is 0.0575. The molecule has 4 rings (SSSR count). The molecular formula is C26H28Cl2N4O3. The van der Waals surface area contributed by atoms with Crippen molar-refractivity contribution in [2.45, 2.75) is 32.1 Å². The molecule has 0 aliphatic carbocycles. The van der Waals surface area contributed by atoms with Gasteiger partial charge >= 0.3 is 0 Å². The van der Waals surface area contributed by atoms with E-state index in [2.05, 4.69) is 4.98 Å². The Bertz CT molecular complexity index is 1110. The zero-order chi connectivity index (χ0) is 24.9. The van der Waals surface area contributed by atoms with Gasteiger partial charge in [0.2, 0.25) is 17.7 Å². The summed E-state index contributed by atoms with van der Waals surface area (Å²) in [5.41, 5.74) is 1.54. The smallest absolute Gasteiger partial charge is 0.225 e. The number of pyridine rings is 1. The largest absolute Gasteiger partial charge is 0.478 e. The van der Waals surface area contributed by atoms with Crippen molar-refractivity contribution in [2.75, 3.05) is 32.8 Å². The Morgan fingerprint density at radius 2 is 1.89 bits per heavy atom. The molecule has 2 atom stereocenters. The van der Waals surface area contributed by atoms with Crippen LogP contribution in [0.1, 0.15) is 43.2 Å². The molecule has 1 aromatic heterocycles. The molecule has 184 valence electrons. The minimum Gasteiger partial charge on any atom is -0.478 e. The number of nitrogens with zero attached hydrogens (tertiary/aromatic N) is 4. The van der Waals surface area contributed by atoms with Crippen molar-refractivity contribution in [3.63, 3.8) is 0 Å². The van der Waals surface area contributed by atoms with Crippen LogP contribution in [-0.4, -0.2) is 59.4 Å². The summed E-state index contributed by atoms with van der Waals surface area (Å²) >= 11 is 12.4. The zero-order valence-electron chi connectivity index (χ0n) is 19.6. The number of benzene rings is 1. The molecule has 2 aromatic rings. The van der Waals surface area contributed by atoms with Gasteiger partial charge in [0.25, 0.3) is 0 Å². The maximum absolute atomic E-state index is 13.4. The molecule has 2 fully saturated rings. The van der Waals surface area contributed by atoms with Crippen molar-refractivity contribution in [3.05, 3.63) is 57.7 Å². The van der Waals surface area contributed by atoms with Crippen molar-refractivity contribution in [1.82, 2.24) is 14.8 Å². The van der Waals surface area contributed by atoms with Crippen LogP contribution in [0.5, 0.6) is 5.88 Å². The van der Waals surface area contributed by atoms with Gasteiger partial charge in [-0.05, 0) is 48.9 Å². The molecule has 2 saturated heterocycles. The van der Waals surface area contributed by atoms with E-state index < -0.39 is 0 Å². The molecule has 0 radical (unpaired) electrons. The van der Waals surface area contributed by atoms with E-state index in [0.29, 0.717) is 67.1 Å². The Kier molecular flexibility index (Phi) is 8.15. The highest BCUT2D eigenvalue weighted by Crippen LogP contribution is 2.38.